The van der Waals surface area contributed by atoms with E-state index in [4.69, 9.17) is 4.74 Å². The van der Waals surface area contributed by atoms with E-state index in [2.05, 4.69) is 20.7 Å². The van der Waals surface area contributed by atoms with E-state index in [0.717, 1.165) is 10.0 Å². The lowest BCUT2D eigenvalue weighted by Crippen LogP contribution is -2.26. The van der Waals surface area contributed by atoms with E-state index in [9.17, 15) is 8.42 Å². The number of benzene rings is 2. The van der Waals surface area contributed by atoms with Crippen LogP contribution in [0.25, 0.3) is 0 Å². The molecule has 4 nitrogen and oxygen atoms in total. The van der Waals surface area contributed by atoms with Crippen LogP contribution in [0.4, 0.5) is 0 Å². The molecular weight excluding hydrogens is 354 g/mol. The first-order valence-electron chi connectivity index (χ1n) is 6.34. The van der Waals surface area contributed by atoms with Crippen LogP contribution in [0.2, 0.25) is 0 Å². The van der Waals surface area contributed by atoms with Gasteiger partial charge in [-0.05, 0) is 48.9 Å². The van der Waals surface area contributed by atoms with Crippen LogP contribution < -0.4 is 9.46 Å². The minimum Gasteiger partial charge on any atom is -0.497 e. The van der Waals surface area contributed by atoms with Crippen molar-refractivity contribution in [2.75, 3.05) is 7.11 Å². The van der Waals surface area contributed by atoms with Crippen molar-refractivity contribution in [3.05, 3.63) is 58.6 Å². The Labute approximate surface area is 133 Å². The Hall–Kier alpha value is -1.37. The van der Waals surface area contributed by atoms with Gasteiger partial charge in [-0.15, -0.1) is 0 Å². The molecule has 0 unspecified atom stereocenters. The standard InChI is InChI=1S/C15H16BrNO3S/c1-11(12-3-5-13(16)6-4-12)17-21(18,19)15-9-7-14(20-2)8-10-15/h3-11,17H,1-2H3/t11-/m1/s1. The lowest BCUT2D eigenvalue weighted by molar-refractivity contribution is 0.414. The molecule has 0 saturated carbocycles. The average molecular weight is 370 g/mol. The van der Waals surface area contributed by atoms with Gasteiger partial charge < -0.3 is 4.74 Å². The Morgan fingerprint density at radius 2 is 1.62 bits per heavy atom. The molecule has 0 amide bonds. The molecule has 0 aliphatic heterocycles. The average Bonchev–Trinajstić information content (AvgIpc) is 2.47. The molecule has 0 spiro atoms. The second-order valence-corrected chi connectivity index (χ2v) is 7.20. The van der Waals surface area contributed by atoms with Gasteiger partial charge in [-0.2, -0.15) is 0 Å². The van der Waals surface area contributed by atoms with Crippen molar-refractivity contribution in [1.82, 2.24) is 4.72 Å². The topological polar surface area (TPSA) is 55.4 Å². The summed E-state index contributed by atoms with van der Waals surface area (Å²) in [7, 11) is -2.02. The Morgan fingerprint density at radius 3 is 2.14 bits per heavy atom. The van der Waals surface area contributed by atoms with Crippen molar-refractivity contribution in [3.8, 4) is 5.75 Å². The van der Waals surface area contributed by atoms with Gasteiger partial charge in [0.1, 0.15) is 5.75 Å². The molecule has 21 heavy (non-hydrogen) atoms. The van der Waals surface area contributed by atoms with Crippen LogP contribution in [0.3, 0.4) is 0 Å². The van der Waals surface area contributed by atoms with Crippen LogP contribution in [0.5, 0.6) is 5.75 Å². The number of nitrogens with one attached hydrogen (secondary N) is 1. The fraction of sp³-hybridized carbons (Fsp3) is 0.200. The molecule has 0 radical (unpaired) electrons. The molecule has 0 aliphatic carbocycles. The lowest BCUT2D eigenvalue weighted by Gasteiger charge is -2.15. The molecule has 112 valence electrons. The Balaban J connectivity index is 2.17. The number of methoxy groups -OCH3 is 1. The van der Waals surface area contributed by atoms with Crippen molar-refractivity contribution >= 4 is 26.0 Å². The fourth-order valence-electron chi connectivity index (χ4n) is 1.88. The molecule has 0 fully saturated rings. The summed E-state index contributed by atoms with van der Waals surface area (Å²) in [5, 5.41) is 0. The second-order valence-electron chi connectivity index (χ2n) is 4.57. The number of hydrogen-bond acceptors (Lipinski definition) is 3. The quantitative estimate of drug-likeness (QED) is 0.877. The summed E-state index contributed by atoms with van der Waals surface area (Å²) in [4.78, 5) is 0.215. The molecule has 0 heterocycles. The molecule has 0 bridgehead atoms. The molecule has 0 aromatic heterocycles. The van der Waals surface area contributed by atoms with Crippen LogP contribution in [-0.2, 0) is 10.0 Å². The number of hydrogen-bond donors (Lipinski definition) is 1. The van der Waals surface area contributed by atoms with E-state index in [1.54, 1.807) is 12.1 Å². The van der Waals surface area contributed by atoms with Crippen molar-refractivity contribution in [1.29, 1.82) is 0 Å². The fourth-order valence-corrected chi connectivity index (χ4v) is 3.37. The number of ether oxygens (including phenoxy) is 1. The summed E-state index contributed by atoms with van der Waals surface area (Å²) < 4.78 is 33.3. The molecule has 1 N–H and O–H groups in total. The monoisotopic (exact) mass is 369 g/mol. The molecule has 0 saturated heterocycles. The van der Waals surface area contributed by atoms with Gasteiger partial charge in [0, 0.05) is 10.5 Å². The summed E-state index contributed by atoms with van der Waals surface area (Å²) in [6.07, 6.45) is 0. The van der Waals surface area contributed by atoms with E-state index in [1.165, 1.54) is 19.2 Å². The predicted molar refractivity (Wildman–Crippen MR) is 85.9 cm³/mol. The SMILES string of the molecule is COc1ccc(S(=O)(=O)N[C@H](C)c2ccc(Br)cc2)cc1. The number of halogens is 1. The van der Waals surface area contributed by atoms with E-state index >= 15 is 0 Å². The zero-order chi connectivity index (χ0) is 15.5. The van der Waals surface area contributed by atoms with E-state index in [0.29, 0.717) is 5.75 Å². The summed E-state index contributed by atoms with van der Waals surface area (Å²) in [5.74, 6) is 0.620. The summed E-state index contributed by atoms with van der Waals surface area (Å²) in [6.45, 7) is 1.81. The zero-order valence-electron chi connectivity index (χ0n) is 11.7. The summed E-state index contributed by atoms with van der Waals surface area (Å²) in [6, 6.07) is 13.5. The maximum Gasteiger partial charge on any atom is 0.241 e. The zero-order valence-corrected chi connectivity index (χ0v) is 14.1. The van der Waals surface area contributed by atoms with Gasteiger partial charge in [0.05, 0.1) is 12.0 Å². The smallest absolute Gasteiger partial charge is 0.241 e. The molecule has 2 aromatic carbocycles. The molecule has 2 aromatic rings. The number of rotatable bonds is 5. The van der Waals surface area contributed by atoms with E-state index < -0.39 is 10.0 Å². The van der Waals surface area contributed by atoms with Crippen molar-refractivity contribution in [2.45, 2.75) is 17.9 Å². The molecule has 6 heteroatoms. The van der Waals surface area contributed by atoms with Gasteiger partial charge >= 0.3 is 0 Å². The lowest BCUT2D eigenvalue weighted by atomic mass is 10.1. The van der Waals surface area contributed by atoms with Gasteiger partial charge in [-0.25, -0.2) is 13.1 Å². The maximum absolute atomic E-state index is 12.3. The van der Waals surface area contributed by atoms with Gasteiger partial charge in [0.15, 0.2) is 0 Å². The minimum atomic E-state index is -3.56. The normalized spacial score (nSPS) is 12.9. The third-order valence-electron chi connectivity index (χ3n) is 3.07. The predicted octanol–water partition coefficient (Wildman–Crippen LogP) is 3.50. The van der Waals surface area contributed by atoms with Gasteiger partial charge in [0.2, 0.25) is 10.0 Å². The largest absolute Gasteiger partial charge is 0.497 e. The third-order valence-corrected chi connectivity index (χ3v) is 5.16. The first-order valence-corrected chi connectivity index (χ1v) is 8.62. The highest BCUT2D eigenvalue weighted by molar-refractivity contribution is 9.10. The van der Waals surface area contributed by atoms with Crippen molar-refractivity contribution < 1.29 is 13.2 Å². The summed E-state index contributed by atoms with van der Waals surface area (Å²) in [5.41, 5.74) is 0.898. The van der Waals surface area contributed by atoms with Crippen LogP contribution in [0.1, 0.15) is 18.5 Å². The minimum absolute atomic E-state index is 0.215. The highest BCUT2D eigenvalue weighted by atomic mass is 79.9. The maximum atomic E-state index is 12.3. The first-order chi connectivity index (χ1) is 9.92. The third kappa shape index (κ3) is 4.06. The Morgan fingerprint density at radius 1 is 1.05 bits per heavy atom. The number of sulfonamides is 1. The highest BCUT2D eigenvalue weighted by Gasteiger charge is 2.18. The van der Waals surface area contributed by atoms with Gasteiger partial charge in [-0.3, -0.25) is 0 Å². The van der Waals surface area contributed by atoms with Crippen molar-refractivity contribution in [2.24, 2.45) is 0 Å². The van der Waals surface area contributed by atoms with Gasteiger partial charge in [0.25, 0.3) is 0 Å². The van der Waals surface area contributed by atoms with Crippen molar-refractivity contribution in [3.63, 3.8) is 0 Å². The molecule has 0 aliphatic rings. The highest BCUT2D eigenvalue weighted by Crippen LogP contribution is 2.20. The Kier molecular flexibility index (Phi) is 5.03. The van der Waals surface area contributed by atoms with Crippen LogP contribution in [0.15, 0.2) is 57.9 Å². The van der Waals surface area contributed by atoms with Crippen LogP contribution >= 0.6 is 15.9 Å². The van der Waals surface area contributed by atoms with E-state index in [1.807, 2.05) is 31.2 Å². The molecular formula is C15H16BrNO3S. The second kappa shape index (κ2) is 6.60. The molecule has 1 atom stereocenters. The first kappa shape index (κ1) is 16.0. The van der Waals surface area contributed by atoms with Crippen LogP contribution in [0, 0.1) is 0 Å². The van der Waals surface area contributed by atoms with Gasteiger partial charge in [-0.1, -0.05) is 28.1 Å². The Bertz CT molecular complexity index is 697. The van der Waals surface area contributed by atoms with E-state index in [-0.39, 0.29) is 10.9 Å². The van der Waals surface area contributed by atoms with Crippen LogP contribution in [-0.4, -0.2) is 15.5 Å². The summed E-state index contributed by atoms with van der Waals surface area (Å²) >= 11 is 3.36. The molecule has 2 rings (SSSR count).